The maximum atomic E-state index is 12.0. The van der Waals surface area contributed by atoms with Gasteiger partial charge in [-0.3, -0.25) is 0 Å². The smallest absolute Gasteiger partial charge is 0.197 e. The first kappa shape index (κ1) is 14.2. The van der Waals surface area contributed by atoms with Crippen molar-refractivity contribution in [2.24, 2.45) is 0 Å². The molecule has 0 heterocycles. The highest BCUT2D eigenvalue weighted by molar-refractivity contribution is 7.87. The standard InChI is InChI=1S/C12H20N2O2S/c1-12(2,3)13-17(15,16)14(4)10-11-8-6-5-7-9-11/h5-9,13H,10H2,1-4H3. The Morgan fingerprint density at radius 1 is 1.18 bits per heavy atom. The van der Waals surface area contributed by atoms with Crippen LogP contribution in [0.1, 0.15) is 26.3 Å². The van der Waals surface area contributed by atoms with E-state index in [1.165, 1.54) is 4.31 Å². The molecule has 1 aromatic carbocycles. The molecule has 1 N–H and O–H groups in total. The van der Waals surface area contributed by atoms with Crippen LogP contribution in [0.2, 0.25) is 0 Å². The lowest BCUT2D eigenvalue weighted by atomic mass is 10.1. The van der Waals surface area contributed by atoms with Gasteiger partial charge in [0.25, 0.3) is 10.2 Å². The summed E-state index contributed by atoms with van der Waals surface area (Å²) in [7, 11) is -1.86. The molecule has 17 heavy (non-hydrogen) atoms. The first-order chi connectivity index (χ1) is 7.71. The number of hydrogen-bond acceptors (Lipinski definition) is 2. The molecule has 0 aromatic heterocycles. The van der Waals surface area contributed by atoms with Crippen LogP contribution in [0.15, 0.2) is 30.3 Å². The van der Waals surface area contributed by atoms with Crippen molar-refractivity contribution in [1.82, 2.24) is 9.03 Å². The van der Waals surface area contributed by atoms with Gasteiger partial charge in [-0.25, -0.2) is 0 Å². The Morgan fingerprint density at radius 3 is 2.18 bits per heavy atom. The van der Waals surface area contributed by atoms with Gasteiger partial charge >= 0.3 is 0 Å². The molecule has 4 nitrogen and oxygen atoms in total. The fourth-order valence-electron chi connectivity index (χ4n) is 1.39. The fraction of sp³-hybridized carbons (Fsp3) is 0.500. The zero-order chi connectivity index (χ0) is 13.1. The molecule has 0 fully saturated rings. The largest absolute Gasteiger partial charge is 0.279 e. The molecule has 0 aliphatic carbocycles. The summed E-state index contributed by atoms with van der Waals surface area (Å²) in [5, 5.41) is 0. The van der Waals surface area contributed by atoms with Gasteiger partial charge in [0.05, 0.1) is 0 Å². The van der Waals surface area contributed by atoms with Gasteiger partial charge in [0.2, 0.25) is 0 Å². The number of nitrogens with zero attached hydrogens (tertiary/aromatic N) is 1. The van der Waals surface area contributed by atoms with Crippen molar-refractivity contribution in [2.45, 2.75) is 32.9 Å². The Bertz CT molecular complexity index is 449. The number of hydrogen-bond donors (Lipinski definition) is 1. The van der Waals surface area contributed by atoms with Gasteiger partial charge in [-0.15, -0.1) is 0 Å². The van der Waals surface area contributed by atoms with Crippen molar-refractivity contribution in [2.75, 3.05) is 7.05 Å². The lowest BCUT2D eigenvalue weighted by Gasteiger charge is -2.25. The highest BCUT2D eigenvalue weighted by Crippen LogP contribution is 2.09. The molecule has 0 bridgehead atoms. The van der Waals surface area contributed by atoms with Crippen molar-refractivity contribution >= 4 is 10.2 Å². The average Bonchev–Trinajstić information content (AvgIpc) is 2.15. The predicted molar refractivity (Wildman–Crippen MR) is 69.7 cm³/mol. The lowest BCUT2D eigenvalue weighted by molar-refractivity contribution is 0.421. The minimum Gasteiger partial charge on any atom is -0.197 e. The van der Waals surface area contributed by atoms with Crippen molar-refractivity contribution in [3.05, 3.63) is 35.9 Å². The Labute approximate surface area is 104 Å². The minimum atomic E-state index is -3.43. The number of benzene rings is 1. The molecule has 0 saturated carbocycles. The maximum Gasteiger partial charge on any atom is 0.279 e. The minimum absolute atomic E-state index is 0.367. The summed E-state index contributed by atoms with van der Waals surface area (Å²) in [5.41, 5.74) is 0.498. The van der Waals surface area contributed by atoms with E-state index in [0.29, 0.717) is 6.54 Å². The zero-order valence-electron chi connectivity index (χ0n) is 10.8. The van der Waals surface area contributed by atoms with Crippen LogP contribution in [-0.2, 0) is 16.8 Å². The van der Waals surface area contributed by atoms with E-state index in [1.54, 1.807) is 7.05 Å². The van der Waals surface area contributed by atoms with Gasteiger partial charge in [0, 0.05) is 19.1 Å². The van der Waals surface area contributed by atoms with Crippen molar-refractivity contribution < 1.29 is 8.42 Å². The monoisotopic (exact) mass is 256 g/mol. The topological polar surface area (TPSA) is 49.4 Å². The summed E-state index contributed by atoms with van der Waals surface area (Å²) in [6.45, 7) is 5.83. The van der Waals surface area contributed by atoms with Crippen LogP contribution in [-0.4, -0.2) is 25.3 Å². The van der Waals surface area contributed by atoms with Crippen LogP contribution in [0.25, 0.3) is 0 Å². The first-order valence-corrected chi connectivity index (χ1v) is 6.94. The molecule has 5 heteroatoms. The van der Waals surface area contributed by atoms with Crippen LogP contribution in [0, 0.1) is 0 Å². The quantitative estimate of drug-likeness (QED) is 0.892. The molecular weight excluding hydrogens is 236 g/mol. The molecule has 1 rings (SSSR count). The van der Waals surface area contributed by atoms with Crippen LogP contribution in [0.5, 0.6) is 0 Å². The van der Waals surface area contributed by atoms with Crippen LogP contribution in [0.3, 0.4) is 0 Å². The molecule has 0 spiro atoms. The second-order valence-electron chi connectivity index (χ2n) is 5.10. The number of rotatable bonds is 4. The second kappa shape index (κ2) is 5.16. The Morgan fingerprint density at radius 2 is 1.71 bits per heavy atom. The van der Waals surface area contributed by atoms with Gasteiger partial charge in [-0.2, -0.15) is 17.4 Å². The number of nitrogens with one attached hydrogen (secondary N) is 1. The van der Waals surface area contributed by atoms with E-state index in [2.05, 4.69) is 4.72 Å². The van der Waals surface area contributed by atoms with Gasteiger partial charge in [0.15, 0.2) is 0 Å². The molecule has 0 amide bonds. The first-order valence-electron chi connectivity index (χ1n) is 5.50. The average molecular weight is 256 g/mol. The van der Waals surface area contributed by atoms with Crippen LogP contribution in [0.4, 0.5) is 0 Å². The van der Waals surface area contributed by atoms with E-state index in [1.807, 2.05) is 51.1 Å². The molecule has 0 atom stereocenters. The summed E-state index contributed by atoms with van der Waals surface area (Å²) in [5.74, 6) is 0. The maximum absolute atomic E-state index is 12.0. The summed E-state index contributed by atoms with van der Waals surface area (Å²) < 4.78 is 27.9. The Hall–Kier alpha value is -0.910. The fourth-order valence-corrected chi connectivity index (χ4v) is 2.64. The van der Waals surface area contributed by atoms with Crippen LogP contribution < -0.4 is 4.72 Å². The summed E-state index contributed by atoms with van der Waals surface area (Å²) >= 11 is 0. The highest BCUT2D eigenvalue weighted by atomic mass is 32.2. The van der Waals surface area contributed by atoms with Gasteiger partial charge in [0.1, 0.15) is 0 Å². The normalized spacial score (nSPS) is 13.0. The molecule has 0 saturated heterocycles. The molecule has 96 valence electrons. The van der Waals surface area contributed by atoms with E-state index < -0.39 is 15.7 Å². The molecule has 0 aliphatic heterocycles. The third kappa shape index (κ3) is 4.85. The molecule has 0 unspecified atom stereocenters. The van der Waals surface area contributed by atoms with E-state index in [0.717, 1.165) is 5.56 Å². The van der Waals surface area contributed by atoms with E-state index >= 15 is 0 Å². The highest BCUT2D eigenvalue weighted by Gasteiger charge is 2.23. The van der Waals surface area contributed by atoms with Gasteiger partial charge in [-0.1, -0.05) is 30.3 Å². The SMILES string of the molecule is CN(Cc1ccccc1)S(=O)(=O)NC(C)(C)C. The third-order valence-electron chi connectivity index (χ3n) is 2.09. The predicted octanol–water partition coefficient (Wildman–Crippen LogP) is 1.75. The van der Waals surface area contributed by atoms with E-state index in [-0.39, 0.29) is 0 Å². The Kier molecular flexibility index (Phi) is 4.30. The zero-order valence-corrected chi connectivity index (χ0v) is 11.6. The molecule has 0 radical (unpaired) electrons. The van der Waals surface area contributed by atoms with Gasteiger partial charge in [-0.05, 0) is 26.3 Å². The summed E-state index contributed by atoms with van der Waals surface area (Å²) in [4.78, 5) is 0. The summed E-state index contributed by atoms with van der Waals surface area (Å²) in [6, 6.07) is 9.51. The molecule has 1 aromatic rings. The molecular formula is C12H20N2O2S. The second-order valence-corrected chi connectivity index (χ2v) is 6.88. The Balaban J connectivity index is 2.74. The van der Waals surface area contributed by atoms with Crippen molar-refractivity contribution in [1.29, 1.82) is 0 Å². The van der Waals surface area contributed by atoms with Gasteiger partial charge < -0.3 is 0 Å². The van der Waals surface area contributed by atoms with E-state index in [9.17, 15) is 8.42 Å². The lowest BCUT2D eigenvalue weighted by Crippen LogP contribution is -2.47. The summed E-state index contributed by atoms with van der Waals surface area (Å²) in [6.07, 6.45) is 0. The van der Waals surface area contributed by atoms with E-state index in [4.69, 9.17) is 0 Å². The molecule has 0 aliphatic rings. The van der Waals surface area contributed by atoms with Crippen LogP contribution >= 0.6 is 0 Å². The van der Waals surface area contributed by atoms with Crippen molar-refractivity contribution in [3.8, 4) is 0 Å². The third-order valence-corrected chi connectivity index (χ3v) is 3.91. The van der Waals surface area contributed by atoms with Crippen molar-refractivity contribution in [3.63, 3.8) is 0 Å².